The van der Waals surface area contributed by atoms with Gasteiger partial charge in [0.2, 0.25) is 0 Å². The van der Waals surface area contributed by atoms with E-state index in [0.29, 0.717) is 19.1 Å². The third kappa shape index (κ3) is 3.63. The van der Waals surface area contributed by atoms with Crippen LogP contribution in [-0.4, -0.2) is 12.6 Å². The second-order valence-corrected chi connectivity index (χ2v) is 5.49. The van der Waals surface area contributed by atoms with Gasteiger partial charge in [0.15, 0.2) is 0 Å². The normalized spacial score (nSPS) is 13.7. The van der Waals surface area contributed by atoms with E-state index in [-0.39, 0.29) is 6.09 Å². The maximum absolute atomic E-state index is 11.7. The van der Waals surface area contributed by atoms with Gasteiger partial charge in [0, 0.05) is 6.54 Å². The highest BCUT2D eigenvalue weighted by atomic mass is 16.5. The molecule has 0 saturated carbocycles. The number of hydrogen-bond donors (Lipinski definition) is 1. The van der Waals surface area contributed by atoms with Crippen molar-refractivity contribution in [3.63, 3.8) is 0 Å². The zero-order valence-corrected chi connectivity index (χ0v) is 11.9. The van der Waals surface area contributed by atoms with Crippen LogP contribution in [0.15, 0.2) is 54.6 Å². The number of nitrogens with one attached hydrogen (secondary N) is 1. The Morgan fingerprint density at radius 1 is 1.00 bits per heavy atom. The van der Waals surface area contributed by atoms with E-state index < -0.39 is 0 Å². The molecule has 1 aliphatic carbocycles. The zero-order chi connectivity index (χ0) is 14.5. The van der Waals surface area contributed by atoms with Gasteiger partial charge in [-0.25, -0.2) is 4.79 Å². The fourth-order valence-electron chi connectivity index (χ4n) is 2.80. The van der Waals surface area contributed by atoms with E-state index in [4.69, 9.17) is 4.74 Å². The summed E-state index contributed by atoms with van der Waals surface area (Å²) in [5, 5.41) is 2.87. The van der Waals surface area contributed by atoms with Gasteiger partial charge in [-0.05, 0) is 35.4 Å². The van der Waals surface area contributed by atoms with E-state index in [1.807, 2.05) is 30.3 Å². The number of benzene rings is 2. The molecular formula is C18H19NO2. The molecule has 1 N–H and O–H groups in total. The van der Waals surface area contributed by atoms with Gasteiger partial charge in [0.05, 0.1) is 0 Å². The van der Waals surface area contributed by atoms with Gasteiger partial charge in [-0.15, -0.1) is 0 Å². The molecule has 0 aromatic heterocycles. The lowest BCUT2D eigenvalue weighted by atomic mass is 10.1. The van der Waals surface area contributed by atoms with Gasteiger partial charge in [0.1, 0.15) is 6.61 Å². The van der Waals surface area contributed by atoms with Gasteiger partial charge in [-0.3, -0.25) is 0 Å². The third-order valence-corrected chi connectivity index (χ3v) is 3.88. The van der Waals surface area contributed by atoms with Crippen LogP contribution >= 0.6 is 0 Å². The minimum atomic E-state index is -0.338. The molecule has 0 spiro atoms. The summed E-state index contributed by atoms with van der Waals surface area (Å²) in [5.74, 6) is 0.478. The van der Waals surface area contributed by atoms with Crippen molar-refractivity contribution in [1.82, 2.24) is 5.32 Å². The monoisotopic (exact) mass is 281 g/mol. The summed E-state index contributed by atoms with van der Waals surface area (Å²) in [7, 11) is 0. The van der Waals surface area contributed by atoms with Crippen LogP contribution in [0.5, 0.6) is 0 Å². The standard InChI is InChI=1S/C18H19NO2/c20-18(21-13-14-6-2-1-3-7-14)19-12-15-10-16-8-4-5-9-17(16)11-15/h1-9,15H,10-13H2,(H,19,20). The van der Waals surface area contributed by atoms with E-state index >= 15 is 0 Å². The highest BCUT2D eigenvalue weighted by Crippen LogP contribution is 2.25. The third-order valence-electron chi connectivity index (χ3n) is 3.88. The Labute approximate surface area is 124 Å². The summed E-state index contributed by atoms with van der Waals surface area (Å²) in [5.41, 5.74) is 3.81. The van der Waals surface area contributed by atoms with E-state index in [0.717, 1.165) is 18.4 Å². The van der Waals surface area contributed by atoms with Crippen molar-refractivity contribution in [1.29, 1.82) is 0 Å². The Kier molecular flexibility index (Phi) is 4.20. The Balaban J connectivity index is 1.41. The minimum Gasteiger partial charge on any atom is -0.445 e. The molecule has 3 heteroatoms. The van der Waals surface area contributed by atoms with Crippen molar-refractivity contribution in [2.24, 2.45) is 5.92 Å². The lowest BCUT2D eigenvalue weighted by molar-refractivity contribution is 0.138. The summed E-state index contributed by atoms with van der Waals surface area (Å²) >= 11 is 0. The number of carbonyl (C=O) groups is 1. The van der Waals surface area contributed by atoms with E-state index in [1.54, 1.807) is 0 Å². The highest BCUT2D eigenvalue weighted by molar-refractivity contribution is 5.67. The number of hydrogen-bond acceptors (Lipinski definition) is 2. The van der Waals surface area contributed by atoms with Crippen LogP contribution in [0, 0.1) is 5.92 Å². The van der Waals surface area contributed by atoms with Crippen molar-refractivity contribution in [3.8, 4) is 0 Å². The first kappa shape index (κ1) is 13.7. The summed E-state index contributed by atoms with van der Waals surface area (Å²) in [6.07, 6.45) is 1.74. The SMILES string of the molecule is O=C(NCC1Cc2ccccc2C1)OCc1ccccc1. The fraction of sp³-hybridized carbons (Fsp3) is 0.278. The van der Waals surface area contributed by atoms with Gasteiger partial charge in [0.25, 0.3) is 0 Å². The van der Waals surface area contributed by atoms with Crippen LogP contribution in [0.2, 0.25) is 0 Å². The van der Waals surface area contributed by atoms with Crippen LogP contribution < -0.4 is 5.32 Å². The van der Waals surface area contributed by atoms with Crippen molar-refractivity contribution >= 4 is 6.09 Å². The second kappa shape index (κ2) is 6.44. The number of amides is 1. The first-order valence-corrected chi connectivity index (χ1v) is 7.32. The molecule has 0 fully saturated rings. The molecule has 0 saturated heterocycles. The van der Waals surface area contributed by atoms with E-state index in [1.165, 1.54) is 11.1 Å². The van der Waals surface area contributed by atoms with Gasteiger partial charge < -0.3 is 10.1 Å². The van der Waals surface area contributed by atoms with Crippen molar-refractivity contribution in [3.05, 3.63) is 71.3 Å². The molecule has 3 nitrogen and oxygen atoms in total. The minimum absolute atomic E-state index is 0.317. The number of alkyl carbamates (subject to hydrolysis) is 1. The quantitative estimate of drug-likeness (QED) is 0.933. The molecule has 0 unspecified atom stereocenters. The number of rotatable bonds is 4. The molecule has 2 aromatic rings. The Hall–Kier alpha value is -2.29. The molecular weight excluding hydrogens is 262 g/mol. The fourth-order valence-corrected chi connectivity index (χ4v) is 2.80. The lowest BCUT2D eigenvalue weighted by Crippen LogP contribution is -2.30. The van der Waals surface area contributed by atoms with Crippen LogP contribution in [0.25, 0.3) is 0 Å². The molecule has 108 valence electrons. The molecule has 0 aliphatic heterocycles. The van der Waals surface area contributed by atoms with Gasteiger partial charge in [-0.2, -0.15) is 0 Å². The topological polar surface area (TPSA) is 38.3 Å². The Morgan fingerprint density at radius 2 is 1.62 bits per heavy atom. The van der Waals surface area contributed by atoms with Crippen LogP contribution in [0.3, 0.4) is 0 Å². The summed E-state index contributed by atoms with van der Waals surface area (Å²) in [6.45, 7) is 0.986. The first-order chi connectivity index (χ1) is 10.3. The van der Waals surface area contributed by atoms with Crippen LogP contribution in [-0.2, 0) is 24.2 Å². The molecule has 0 heterocycles. The van der Waals surface area contributed by atoms with E-state index in [2.05, 4.69) is 29.6 Å². The van der Waals surface area contributed by atoms with Gasteiger partial charge >= 0.3 is 6.09 Å². The molecule has 2 aromatic carbocycles. The first-order valence-electron chi connectivity index (χ1n) is 7.32. The largest absolute Gasteiger partial charge is 0.445 e. The maximum Gasteiger partial charge on any atom is 0.407 e. The average Bonchev–Trinajstić information content (AvgIpc) is 2.95. The Morgan fingerprint density at radius 3 is 2.29 bits per heavy atom. The van der Waals surface area contributed by atoms with Crippen LogP contribution in [0.1, 0.15) is 16.7 Å². The number of carbonyl (C=O) groups excluding carboxylic acids is 1. The van der Waals surface area contributed by atoms with Crippen molar-refractivity contribution in [2.75, 3.05) is 6.54 Å². The lowest BCUT2D eigenvalue weighted by Gasteiger charge is -2.11. The smallest absolute Gasteiger partial charge is 0.407 e. The summed E-state index contributed by atoms with van der Waals surface area (Å²) < 4.78 is 5.21. The maximum atomic E-state index is 11.7. The molecule has 21 heavy (non-hydrogen) atoms. The molecule has 1 amide bonds. The number of fused-ring (bicyclic) bond motifs is 1. The highest BCUT2D eigenvalue weighted by Gasteiger charge is 2.21. The van der Waals surface area contributed by atoms with Crippen LogP contribution in [0.4, 0.5) is 4.79 Å². The molecule has 0 radical (unpaired) electrons. The van der Waals surface area contributed by atoms with Gasteiger partial charge in [-0.1, -0.05) is 54.6 Å². The molecule has 3 rings (SSSR count). The summed E-state index contributed by atoms with van der Waals surface area (Å²) in [4.78, 5) is 11.7. The molecule has 0 bridgehead atoms. The predicted molar refractivity (Wildman–Crippen MR) is 82.0 cm³/mol. The molecule has 1 aliphatic rings. The Bertz CT molecular complexity index is 585. The number of ether oxygens (including phenoxy) is 1. The summed E-state index contributed by atoms with van der Waals surface area (Å²) in [6, 6.07) is 18.2. The zero-order valence-electron chi connectivity index (χ0n) is 11.9. The van der Waals surface area contributed by atoms with E-state index in [9.17, 15) is 4.79 Å². The van der Waals surface area contributed by atoms with Crippen molar-refractivity contribution < 1.29 is 9.53 Å². The second-order valence-electron chi connectivity index (χ2n) is 5.49. The van der Waals surface area contributed by atoms with Crippen molar-refractivity contribution in [2.45, 2.75) is 19.4 Å². The average molecular weight is 281 g/mol. The predicted octanol–water partition coefficient (Wildman–Crippen LogP) is 3.33. The molecule has 0 atom stereocenters.